The van der Waals surface area contributed by atoms with Crippen molar-refractivity contribution in [1.29, 1.82) is 0 Å². The molecular weight excluding hydrogens is 248 g/mol. The summed E-state index contributed by atoms with van der Waals surface area (Å²) in [5.74, 6) is 0.0752. The van der Waals surface area contributed by atoms with E-state index in [0.717, 1.165) is 11.1 Å². The van der Waals surface area contributed by atoms with Gasteiger partial charge in [-0.15, -0.1) is 0 Å². The van der Waals surface area contributed by atoms with Crippen LogP contribution in [-0.4, -0.2) is 16.0 Å². The van der Waals surface area contributed by atoms with Crippen molar-refractivity contribution in [2.45, 2.75) is 0 Å². The molecule has 0 bridgehead atoms. The van der Waals surface area contributed by atoms with Crippen molar-refractivity contribution in [3.63, 3.8) is 0 Å². The second-order valence-electron chi connectivity index (χ2n) is 3.98. The molecule has 3 aromatic rings. The average Bonchev–Trinajstić information content (AvgIpc) is 2.58. The van der Waals surface area contributed by atoms with Crippen molar-refractivity contribution in [3.05, 3.63) is 96.3 Å². The van der Waals surface area contributed by atoms with Crippen molar-refractivity contribution < 1.29 is 4.79 Å². The van der Waals surface area contributed by atoms with Crippen LogP contribution in [0.3, 0.4) is 0 Å². The Morgan fingerprint density at radius 1 is 0.600 bits per heavy atom. The van der Waals surface area contributed by atoms with E-state index >= 15 is 0 Å². The lowest BCUT2D eigenvalue weighted by Crippen LogP contribution is -1.99. The molecule has 3 heteroatoms. The number of benzene rings is 2. The van der Waals surface area contributed by atoms with Gasteiger partial charge in [0.25, 0.3) is 0 Å². The van der Waals surface area contributed by atoms with Crippen LogP contribution in [0.4, 0.5) is 0 Å². The van der Waals surface area contributed by atoms with E-state index in [2.05, 4.69) is 10.2 Å². The maximum Gasteiger partial charge on any atom is 0.193 e. The fourth-order valence-electron chi connectivity index (χ4n) is 1.60. The third-order valence-electron chi connectivity index (χ3n) is 2.56. The molecule has 0 unspecified atom stereocenters. The summed E-state index contributed by atoms with van der Waals surface area (Å²) in [6.45, 7) is 0. The van der Waals surface area contributed by atoms with Gasteiger partial charge in [0.2, 0.25) is 0 Å². The Hall–Kier alpha value is -2.81. The minimum Gasteiger partial charge on any atom is -0.289 e. The molecule has 0 saturated heterocycles. The number of hydrogen-bond donors (Lipinski definition) is 0. The molecule has 1 heterocycles. The van der Waals surface area contributed by atoms with E-state index in [1.54, 1.807) is 12.4 Å². The molecular formula is C17H14N2O. The van der Waals surface area contributed by atoms with Crippen molar-refractivity contribution >= 4 is 5.78 Å². The summed E-state index contributed by atoms with van der Waals surface area (Å²) in [4.78, 5) is 11.8. The Bertz CT molecular complexity index is 557. The average molecular weight is 262 g/mol. The minimum atomic E-state index is 0.0752. The first-order chi connectivity index (χ1) is 9.88. The second-order valence-corrected chi connectivity index (χ2v) is 3.98. The molecule has 0 radical (unpaired) electrons. The summed E-state index contributed by atoms with van der Waals surface area (Å²) in [5.41, 5.74) is 1.47. The summed E-state index contributed by atoms with van der Waals surface area (Å²) < 4.78 is 0. The van der Waals surface area contributed by atoms with Crippen molar-refractivity contribution in [3.8, 4) is 0 Å². The Kier molecular flexibility index (Phi) is 5.17. The summed E-state index contributed by atoms with van der Waals surface area (Å²) in [6, 6.07) is 22.3. The molecule has 3 nitrogen and oxygen atoms in total. The normalized spacial score (nSPS) is 9.20. The number of rotatable bonds is 2. The van der Waals surface area contributed by atoms with E-state index in [1.165, 1.54) is 0 Å². The number of carbonyl (C=O) groups is 1. The highest BCUT2D eigenvalue weighted by atomic mass is 16.1. The molecule has 0 amide bonds. The molecule has 0 spiro atoms. The first kappa shape index (κ1) is 13.6. The van der Waals surface area contributed by atoms with Gasteiger partial charge in [-0.25, -0.2) is 0 Å². The van der Waals surface area contributed by atoms with E-state index < -0.39 is 0 Å². The highest BCUT2D eigenvalue weighted by molar-refractivity contribution is 6.08. The fourth-order valence-corrected chi connectivity index (χ4v) is 1.60. The van der Waals surface area contributed by atoms with Crippen LogP contribution in [0.15, 0.2) is 85.2 Å². The summed E-state index contributed by atoms with van der Waals surface area (Å²) >= 11 is 0. The van der Waals surface area contributed by atoms with E-state index in [-0.39, 0.29) is 5.78 Å². The second kappa shape index (κ2) is 7.59. The van der Waals surface area contributed by atoms with Gasteiger partial charge in [-0.3, -0.25) is 4.79 Å². The Labute approximate surface area is 117 Å². The lowest BCUT2D eigenvalue weighted by Gasteiger charge is -1.99. The highest BCUT2D eigenvalue weighted by Gasteiger charge is 2.06. The number of nitrogens with zero attached hydrogens (tertiary/aromatic N) is 2. The van der Waals surface area contributed by atoms with Crippen LogP contribution >= 0.6 is 0 Å². The monoisotopic (exact) mass is 262 g/mol. The summed E-state index contributed by atoms with van der Waals surface area (Å²) in [7, 11) is 0. The zero-order valence-corrected chi connectivity index (χ0v) is 10.9. The van der Waals surface area contributed by atoms with Gasteiger partial charge in [0.1, 0.15) is 0 Å². The molecule has 0 aliphatic heterocycles. The highest BCUT2D eigenvalue weighted by Crippen LogP contribution is 2.08. The molecule has 1 aromatic heterocycles. The standard InChI is InChI=1S/C13H10O.C4H4N2/c14-13(11-7-3-1-4-8-11)12-9-5-2-6-10-12;1-2-4-6-5-3-1/h1-10H;1-4H. The molecule has 0 atom stereocenters. The zero-order chi connectivity index (χ0) is 14.0. The van der Waals surface area contributed by atoms with Crippen LogP contribution in [0.25, 0.3) is 0 Å². The van der Waals surface area contributed by atoms with Gasteiger partial charge in [0, 0.05) is 23.5 Å². The summed E-state index contributed by atoms with van der Waals surface area (Å²) in [5, 5.41) is 7.07. The molecule has 0 aliphatic rings. The predicted molar refractivity (Wildman–Crippen MR) is 78.3 cm³/mol. The third-order valence-corrected chi connectivity index (χ3v) is 2.56. The molecule has 0 fully saturated rings. The van der Waals surface area contributed by atoms with Gasteiger partial charge >= 0.3 is 0 Å². The zero-order valence-electron chi connectivity index (χ0n) is 10.9. The van der Waals surface area contributed by atoms with Gasteiger partial charge in [-0.2, -0.15) is 10.2 Å². The molecule has 98 valence electrons. The van der Waals surface area contributed by atoms with Gasteiger partial charge in [0.15, 0.2) is 5.78 Å². The van der Waals surface area contributed by atoms with Gasteiger partial charge in [-0.1, -0.05) is 60.7 Å². The third kappa shape index (κ3) is 4.14. The van der Waals surface area contributed by atoms with Crippen LogP contribution in [0.2, 0.25) is 0 Å². The SMILES string of the molecule is O=C(c1ccccc1)c1ccccc1.c1ccnnc1. The first-order valence-electron chi connectivity index (χ1n) is 6.24. The van der Waals surface area contributed by atoms with Gasteiger partial charge < -0.3 is 0 Å². The van der Waals surface area contributed by atoms with Crippen LogP contribution in [-0.2, 0) is 0 Å². The largest absolute Gasteiger partial charge is 0.289 e. The number of aromatic nitrogens is 2. The Morgan fingerprint density at radius 3 is 1.30 bits per heavy atom. The molecule has 0 saturated carbocycles. The molecule has 0 N–H and O–H groups in total. The lowest BCUT2D eigenvalue weighted by atomic mass is 10.0. The van der Waals surface area contributed by atoms with Crippen LogP contribution in [0.5, 0.6) is 0 Å². The topological polar surface area (TPSA) is 42.9 Å². The quantitative estimate of drug-likeness (QED) is 0.665. The molecule has 2 aromatic carbocycles. The fraction of sp³-hybridized carbons (Fsp3) is 0. The molecule has 20 heavy (non-hydrogen) atoms. The van der Waals surface area contributed by atoms with Gasteiger partial charge in [0.05, 0.1) is 0 Å². The van der Waals surface area contributed by atoms with Gasteiger partial charge in [-0.05, 0) is 12.1 Å². The Balaban J connectivity index is 0.000000205. The van der Waals surface area contributed by atoms with Crippen LogP contribution in [0, 0.1) is 0 Å². The minimum absolute atomic E-state index is 0.0752. The van der Waals surface area contributed by atoms with E-state index in [1.807, 2.05) is 72.8 Å². The van der Waals surface area contributed by atoms with Crippen molar-refractivity contribution in [2.75, 3.05) is 0 Å². The maximum atomic E-state index is 11.8. The van der Waals surface area contributed by atoms with E-state index in [0.29, 0.717) is 0 Å². The van der Waals surface area contributed by atoms with E-state index in [9.17, 15) is 4.79 Å². The Morgan fingerprint density at radius 2 is 1.00 bits per heavy atom. The molecule has 3 rings (SSSR count). The predicted octanol–water partition coefficient (Wildman–Crippen LogP) is 3.39. The van der Waals surface area contributed by atoms with Crippen molar-refractivity contribution in [1.82, 2.24) is 10.2 Å². The van der Waals surface area contributed by atoms with Crippen LogP contribution in [0.1, 0.15) is 15.9 Å². The maximum absolute atomic E-state index is 11.8. The number of ketones is 1. The molecule has 0 aliphatic carbocycles. The first-order valence-corrected chi connectivity index (χ1v) is 6.24. The van der Waals surface area contributed by atoms with E-state index in [4.69, 9.17) is 0 Å². The van der Waals surface area contributed by atoms with Crippen LogP contribution < -0.4 is 0 Å². The lowest BCUT2D eigenvalue weighted by molar-refractivity contribution is 0.103. The summed E-state index contributed by atoms with van der Waals surface area (Å²) in [6.07, 6.45) is 3.28. The van der Waals surface area contributed by atoms with Crippen molar-refractivity contribution in [2.24, 2.45) is 0 Å². The number of hydrogen-bond acceptors (Lipinski definition) is 3. The number of carbonyl (C=O) groups excluding carboxylic acids is 1. The smallest absolute Gasteiger partial charge is 0.193 e.